The highest BCUT2D eigenvalue weighted by atomic mass is 16.5. The SMILES string of the molecule is C/C=C(/OC)c1c(C)c(CC)cc(C)c1COC. The van der Waals surface area contributed by atoms with Crippen LogP contribution in [0.5, 0.6) is 0 Å². The van der Waals surface area contributed by atoms with E-state index in [1.165, 1.54) is 27.8 Å². The van der Waals surface area contributed by atoms with Crippen molar-refractivity contribution in [1.29, 1.82) is 0 Å². The van der Waals surface area contributed by atoms with Gasteiger partial charge in [-0.05, 0) is 55.5 Å². The Kier molecular flexibility index (Phi) is 5.42. The highest BCUT2D eigenvalue weighted by Crippen LogP contribution is 2.30. The number of rotatable bonds is 5. The molecule has 18 heavy (non-hydrogen) atoms. The molecule has 0 unspecified atom stereocenters. The molecule has 0 radical (unpaired) electrons. The first-order chi connectivity index (χ1) is 8.60. The molecule has 1 aromatic rings. The van der Waals surface area contributed by atoms with Crippen molar-refractivity contribution in [2.75, 3.05) is 14.2 Å². The van der Waals surface area contributed by atoms with Crippen LogP contribution in [0.4, 0.5) is 0 Å². The van der Waals surface area contributed by atoms with Crippen LogP contribution in [0, 0.1) is 13.8 Å². The van der Waals surface area contributed by atoms with Crippen molar-refractivity contribution in [1.82, 2.24) is 0 Å². The maximum atomic E-state index is 5.51. The summed E-state index contributed by atoms with van der Waals surface area (Å²) in [6.45, 7) is 9.11. The molecule has 0 fully saturated rings. The maximum absolute atomic E-state index is 5.51. The second-order valence-electron chi connectivity index (χ2n) is 4.47. The summed E-state index contributed by atoms with van der Waals surface area (Å²) in [6, 6.07) is 2.26. The predicted molar refractivity (Wildman–Crippen MR) is 76.7 cm³/mol. The summed E-state index contributed by atoms with van der Waals surface area (Å²) in [5.41, 5.74) is 6.36. The molecule has 100 valence electrons. The lowest BCUT2D eigenvalue weighted by atomic mass is 9.90. The summed E-state index contributed by atoms with van der Waals surface area (Å²) < 4.78 is 10.8. The first-order valence-corrected chi connectivity index (χ1v) is 6.42. The Labute approximate surface area is 111 Å². The average Bonchev–Trinajstić information content (AvgIpc) is 2.37. The molecule has 2 heteroatoms. The Bertz CT molecular complexity index is 445. The van der Waals surface area contributed by atoms with Gasteiger partial charge in [0.05, 0.1) is 13.7 Å². The summed E-state index contributed by atoms with van der Waals surface area (Å²) in [5, 5.41) is 0. The van der Waals surface area contributed by atoms with Gasteiger partial charge in [0, 0.05) is 12.7 Å². The van der Waals surface area contributed by atoms with Crippen molar-refractivity contribution in [3.8, 4) is 0 Å². The molecule has 0 spiro atoms. The topological polar surface area (TPSA) is 18.5 Å². The standard InChI is InChI=1S/C16H24O2/c1-7-13-9-11(3)14(10-17-5)16(12(13)4)15(8-2)18-6/h8-9H,7,10H2,1-6H3/b15-8+. The molecule has 1 aromatic carbocycles. The van der Waals surface area contributed by atoms with E-state index in [4.69, 9.17) is 9.47 Å². The van der Waals surface area contributed by atoms with E-state index in [0.717, 1.165) is 12.2 Å². The summed E-state index contributed by atoms with van der Waals surface area (Å²) >= 11 is 0. The van der Waals surface area contributed by atoms with E-state index in [2.05, 4.69) is 26.8 Å². The second-order valence-corrected chi connectivity index (χ2v) is 4.47. The van der Waals surface area contributed by atoms with Crippen molar-refractivity contribution in [2.24, 2.45) is 0 Å². The van der Waals surface area contributed by atoms with Crippen molar-refractivity contribution in [3.63, 3.8) is 0 Å². The van der Waals surface area contributed by atoms with Gasteiger partial charge in [0.25, 0.3) is 0 Å². The van der Waals surface area contributed by atoms with E-state index >= 15 is 0 Å². The molecule has 2 nitrogen and oxygen atoms in total. The molecule has 1 rings (SSSR count). The van der Waals surface area contributed by atoms with Gasteiger partial charge in [-0.15, -0.1) is 0 Å². The van der Waals surface area contributed by atoms with Crippen molar-refractivity contribution >= 4 is 5.76 Å². The fraction of sp³-hybridized carbons (Fsp3) is 0.500. The van der Waals surface area contributed by atoms with Crippen LogP contribution < -0.4 is 0 Å². The first-order valence-electron chi connectivity index (χ1n) is 6.42. The van der Waals surface area contributed by atoms with E-state index in [0.29, 0.717) is 6.61 Å². The van der Waals surface area contributed by atoms with Crippen LogP contribution in [0.25, 0.3) is 5.76 Å². The Morgan fingerprint density at radius 1 is 1.28 bits per heavy atom. The van der Waals surface area contributed by atoms with E-state index in [1.54, 1.807) is 14.2 Å². The van der Waals surface area contributed by atoms with Gasteiger partial charge < -0.3 is 9.47 Å². The van der Waals surface area contributed by atoms with E-state index in [1.807, 2.05) is 13.0 Å². The van der Waals surface area contributed by atoms with Crippen LogP contribution in [0.15, 0.2) is 12.1 Å². The number of hydrogen-bond donors (Lipinski definition) is 0. The predicted octanol–water partition coefficient (Wildman–Crippen LogP) is 4.02. The highest BCUT2D eigenvalue weighted by Gasteiger charge is 2.16. The lowest BCUT2D eigenvalue weighted by molar-refractivity contribution is 0.183. The van der Waals surface area contributed by atoms with Gasteiger partial charge in [0.2, 0.25) is 0 Å². The molecule has 0 aromatic heterocycles. The van der Waals surface area contributed by atoms with Gasteiger partial charge >= 0.3 is 0 Å². The summed E-state index contributed by atoms with van der Waals surface area (Å²) in [6.07, 6.45) is 3.05. The van der Waals surface area contributed by atoms with Crippen LogP contribution in [-0.2, 0) is 22.5 Å². The molecule has 0 saturated heterocycles. The highest BCUT2D eigenvalue weighted by molar-refractivity contribution is 5.68. The van der Waals surface area contributed by atoms with Gasteiger partial charge in [-0.1, -0.05) is 13.0 Å². The van der Waals surface area contributed by atoms with Gasteiger partial charge in [0.15, 0.2) is 0 Å². The lowest BCUT2D eigenvalue weighted by Crippen LogP contribution is -2.05. The number of hydrogen-bond acceptors (Lipinski definition) is 2. The minimum Gasteiger partial charge on any atom is -0.496 e. The Morgan fingerprint density at radius 2 is 1.94 bits per heavy atom. The lowest BCUT2D eigenvalue weighted by Gasteiger charge is -2.19. The monoisotopic (exact) mass is 248 g/mol. The summed E-state index contributed by atoms with van der Waals surface area (Å²) in [5.74, 6) is 0.929. The van der Waals surface area contributed by atoms with Gasteiger partial charge in [0.1, 0.15) is 5.76 Å². The molecule has 0 saturated carbocycles. The van der Waals surface area contributed by atoms with Gasteiger partial charge in [-0.3, -0.25) is 0 Å². The number of aryl methyl sites for hydroxylation is 2. The van der Waals surface area contributed by atoms with Crippen molar-refractivity contribution in [3.05, 3.63) is 40.0 Å². The third-order valence-corrected chi connectivity index (χ3v) is 3.42. The Morgan fingerprint density at radius 3 is 2.39 bits per heavy atom. The summed E-state index contributed by atoms with van der Waals surface area (Å²) in [7, 11) is 3.45. The van der Waals surface area contributed by atoms with Gasteiger partial charge in [-0.25, -0.2) is 0 Å². The van der Waals surface area contributed by atoms with Crippen LogP contribution in [0.1, 0.15) is 41.7 Å². The minimum atomic E-state index is 0.618. The molecular weight excluding hydrogens is 224 g/mol. The molecule has 0 aliphatic rings. The Hall–Kier alpha value is -1.28. The molecule has 0 bridgehead atoms. The fourth-order valence-electron chi connectivity index (χ4n) is 2.44. The Balaban J connectivity index is 3.55. The zero-order chi connectivity index (χ0) is 13.7. The summed E-state index contributed by atoms with van der Waals surface area (Å²) in [4.78, 5) is 0. The second kappa shape index (κ2) is 6.60. The van der Waals surface area contributed by atoms with Crippen molar-refractivity contribution < 1.29 is 9.47 Å². The molecule has 0 aliphatic heterocycles. The molecular formula is C16H24O2. The number of benzene rings is 1. The van der Waals surface area contributed by atoms with E-state index in [9.17, 15) is 0 Å². The van der Waals surface area contributed by atoms with E-state index in [-0.39, 0.29) is 0 Å². The minimum absolute atomic E-state index is 0.618. The fourth-order valence-corrected chi connectivity index (χ4v) is 2.44. The maximum Gasteiger partial charge on any atom is 0.122 e. The molecule has 0 N–H and O–H groups in total. The number of ether oxygens (including phenoxy) is 2. The zero-order valence-electron chi connectivity index (χ0n) is 12.4. The number of methoxy groups -OCH3 is 2. The zero-order valence-corrected chi connectivity index (χ0v) is 12.4. The van der Waals surface area contributed by atoms with Crippen LogP contribution in [-0.4, -0.2) is 14.2 Å². The van der Waals surface area contributed by atoms with Gasteiger partial charge in [-0.2, -0.15) is 0 Å². The molecule has 0 atom stereocenters. The van der Waals surface area contributed by atoms with Crippen LogP contribution >= 0.6 is 0 Å². The average molecular weight is 248 g/mol. The third kappa shape index (κ3) is 2.75. The molecule has 0 aliphatic carbocycles. The quantitative estimate of drug-likeness (QED) is 0.733. The molecule has 0 amide bonds. The third-order valence-electron chi connectivity index (χ3n) is 3.42. The first kappa shape index (κ1) is 14.8. The van der Waals surface area contributed by atoms with Crippen LogP contribution in [0.3, 0.4) is 0 Å². The largest absolute Gasteiger partial charge is 0.496 e. The van der Waals surface area contributed by atoms with Crippen molar-refractivity contribution in [2.45, 2.75) is 40.7 Å². The van der Waals surface area contributed by atoms with E-state index < -0.39 is 0 Å². The number of allylic oxidation sites excluding steroid dienone is 1. The van der Waals surface area contributed by atoms with Crippen LogP contribution in [0.2, 0.25) is 0 Å². The smallest absolute Gasteiger partial charge is 0.122 e. The normalized spacial score (nSPS) is 11.8. The molecule has 0 heterocycles.